The Morgan fingerprint density at radius 2 is 1.57 bits per heavy atom. The number of ether oxygens (including phenoxy) is 1. The predicted molar refractivity (Wildman–Crippen MR) is 167 cm³/mol. The Kier molecular flexibility index (Phi) is 11.0. The molecule has 3 rings (SSSR count). The molecule has 0 aromatic heterocycles. The lowest BCUT2D eigenvalue weighted by Crippen LogP contribution is -2.64. The third kappa shape index (κ3) is 6.94. The van der Waals surface area contributed by atoms with Crippen LogP contribution in [0.25, 0.3) is 0 Å². The lowest BCUT2D eigenvalue weighted by atomic mass is 9.76. The van der Waals surface area contributed by atoms with E-state index in [1.165, 1.54) is 31.2 Å². The summed E-state index contributed by atoms with van der Waals surface area (Å²) in [6, 6.07) is 10.3. The number of alkyl halides is 1. The van der Waals surface area contributed by atoms with Crippen molar-refractivity contribution in [1.82, 2.24) is 5.12 Å². The monoisotopic (exact) mass is 668 g/mol. The van der Waals surface area contributed by atoms with E-state index in [4.69, 9.17) is 16.3 Å². The van der Waals surface area contributed by atoms with Gasteiger partial charge in [-0.05, 0) is 53.5 Å². The van der Waals surface area contributed by atoms with E-state index in [-0.39, 0.29) is 28.7 Å². The molecule has 3 aromatic carbocycles. The number of nitrogens with zero attached hydrogens (tertiary/aromatic N) is 1. The lowest BCUT2D eigenvalue weighted by Gasteiger charge is -2.41. The minimum absolute atomic E-state index is 0.0147. The summed E-state index contributed by atoms with van der Waals surface area (Å²) in [5.41, 5.74) is -4.09. The number of hydrogen-bond acceptors (Lipinski definition) is 4. The van der Waals surface area contributed by atoms with Crippen molar-refractivity contribution in [2.24, 2.45) is 5.92 Å². The van der Waals surface area contributed by atoms with Crippen molar-refractivity contribution in [3.05, 3.63) is 88.5 Å². The maximum atomic E-state index is 16.8. The van der Waals surface area contributed by atoms with E-state index in [1.807, 2.05) is 47.6 Å². The van der Waals surface area contributed by atoms with Gasteiger partial charge < -0.3 is 15.2 Å². The van der Waals surface area contributed by atoms with Crippen molar-refractivity contribution in [2.45, 2.75) is 77.9 Å². The number of anilines is 1. The van der Waals surface area contributed by atoms with Gasteiger partial charge in [-0.3, -0.25) is 9.59 Å². The molecule has 0 saturated carbocycles. The van der Waals surface area contributed by atoms with Crippen molar-refractivity contribution in [3.63, 3.8) is 0 Å². The molecule has 250 valence electrons. The second kappa shape index (κ2) is 13.9. The first-order chi connectivity index (χ1) is 21.4. The fourth-order valence-electron chi connectivity index (χ4n) is 4.72. The molecule has 0 aliphatic carbocycles. The summed E-state index contributed by atoms with van der Waals surface area (Å²) in [5, 5.41) is 11.5. The van der Waals surface area contributed by atoms with Crippen LogP contribution in [0.15, 0.2) is 48.5 Å². The Balaban J connectivity index is 2.35. The van der Waals surface area contributed by atoms with Gasteiger partial charge in [-0.1, -0.05) is 71.1 Å². The first kappa shape index (κ1) is 36.6. The van der Waals surface area contributed by atoms with Gasteiger partial charge in [-0.25, -0.2) is 17.6 Å². The first-order valence-corrected chi connectivity index (χ1v) is 15.2. The molecule has 0 bridgehead atoms. The van der Waals surface area contributed by atoms with Crippen molar-refractivity contribution in [3.8, 4) is 11.5 Å². The Labute approximate surface area is 270 Å². The topological polar surface area (TPSA) is 78.9 Å². The molecule has 2 atom stereocenters. The number of phenolic OH excluding ortho intramolecular Hbond substituents is 1. The van der Waals surface area contributed by atoms with Crippen LogP contribution in [0.4, 0.5) is 27.7 Å². The van der Waals surface area contributed by atoms with E-state index in [1.54, 1.807) is 6.07 Å². The van der Waals surface area contributed by atoms with E-state index in [0.29, 0.717) is 12.0 Å². The summed E-state index contributed by atoms with van der Waals surface area (Å²) in [6.45, 7) is 13.1. The van der Waals surface area contributed by atoms with Crippen LogP contribution in [0.5, 0.6) is 11.5 Å². The number of phenols is 1. The number of hydrogen-bond donors (Lipinski definition) is 2. The van der Waals surface area contributed by atoms with Gasteiger partial charge in [-0.15, -0.1) is 16.7 Å². The van der Waals surface area contributed by atoms with Gasteiger partial charge in [0.25, 0.3) is 17.5 Å². The molecule has 2 unspecified atom stereocenters. The number of amides is 2. The minimum atomic E-state index is -3.04. The molecular weight excluding hydrogens is 631 g/mol. The number of aromatic hydroxyl groups is 1. The fourth-order valence-corrected chi connectivity index (χ4v) is 4.93. The molecule has 3 aromatic rings. The molecule has 0 aliphatic heterocycles. The smallest absolute Gasteiger partial charge is 0.295 e. The van der Waals surface area contributed by atoms with Crippen LogP contribution >= 0.6 is 11.6 Å². The van der Waals surface area contributed by atoms with Gasteiger partial charge >= 0.3 is 0 Å². The Morgan fingerprint density at radius 1 is 0.935 bits per heavy atom. The molecule has 46 heavy (non-hydrogen) atoms. The fraction of sp³-hybridized carbons (Fsp3) is 0.412. The molecular formula is C34H38ClF5N2O4. The second-order valence-corrected chi connectivity index (χ2v) is 12.8. The highest BCUT2D eigenvalue weighted by Gasteiger charge is 2.56. The summed E-state index contributed by atoms with van der Waals surface area (Å²) in [4.78, 5) is 27.7. The van der Waals surface area contributed by atoms with Gasteiger partial charge in [0.1, 0.15) is 11.5 Å². The van der Waals surface area contributed by atoms with Crippen molar-refractivity contribution < 1.29 is 41.5 Å². The number of carbonyl (C=O) groups is 2. The standard InChI is InChI=1S/C34H38ClF5N2O4/c1-8-32(4,5)20-13-14-26(24(15-20)33(6,7)9-2)46-34(19(3)18-35,31(45)41-21-11-10-12-22(43)16-21)42(40)30(44)23-17-25(36)28(38)29(39)27(23)37/h10-17,19,43H,8-9,18H2,1-7H3,(H,41,45). The van der Waals surface area contributed by atoms with Crippen molar-refractivity contribution in [1.29, 1.82) is 0 Å². The molecule has 2 amide bonds. The largest absolute Gasteiger partial charge is 0.508 e. The van der Waals surface area contributed by atoms with E-state index < -0.39 is 68.7 Å². The highest BCUT2D eigenvalue weighted by molar-refractivity contribution is 6.18. The van der Waals surface area contributed by atoms with Crippen LogP contribution < -0.4 is 10.1 Å². The van der Waals surface area contributed by atoms with Crippen LogP contribution in [0, 0.1) is 29.2 Å². The quantitative estimate of drug-likeness (QED) is 0.0505. The summed E-state index contributed by atoms with van der Waals surface area (Å²) in [6.07, 6.45) is 1.33. The Morgan fingerprint density at radius 3 is 2.13 bits per heavy atom. The number of nitrogens with one attached hydrogen (secondary N) is 1. The molecule has 12 heteroatoms. The summed E-state index contributed by atoms with van der Waals surface area (Å²) < 4.78 is 80.0. The van der Waals surface area contributed by atoms with Gasteiger partial charge in [0.05, 0.1) is 5.56 Å². The zero-order chi connectivity index (χ0) is 34.8. The molecule has 0 radical (unpaired) electrons. The summed E-state index contributed by atoms with van der Waals surface area (Å²) in [5.74, 6) is -14.3. The predicted octanol–water partition coefficient (Wildman–Crippen LogP) is 8.94. The number of rotatable bonds is 12. The third-order valence-electron chi connectivity index (χ3n) is 8.66. The Bertz CT molecular complexity index is 1620. The summed E-state index contributed by atoms with van der Waals surface area (Å²) >= 11 is 6.18. The third-order valence-corrected chi connectivity index (χ3v) is 9.12. The van der Waals surface area contributed by atoms with Crippen molar-refractivity contribution >= 4 is 29.1 Å². The van der Waals surface area contributed by atoms with Crippen LogP contribution in [0.1, 0.15) is 82.8 Å². The first-order valence-electron chi connectivity index (χ1n) is 14.7. The number of carbonyl (C=O) groups excluding carboxylic acids is 2. The zero-order valence-corrected chi connectivity index (χ0v) is 27.5. The maximum absolute atomic E-state index is 16.8. The van der Waals surface area contributed by atoms with E-state index in [0.717, 1.165) is 18.1 Å². The molecule has 6 nitrogen and oxygen atoms in total. The highest BCUT2D eigenvalue weighted by Crippen LogP contribution is 2.42. The average molecular weight is 669 g/mol. The van der Waals surface area contributed by atoms with Gasteiger partial charge in [0.2, 0.25) is 0 Å². The number of halogens is 6. The van der Waals surface area contributed by atoms with E-state index in [2.05, 4.69) is 5.32 Å². The lowest BCUT2D eigenvalue weighted by molar-refractivity contribution is -0.187. The van der Waals surface area contributed by atoms with Crippen LogP contribution in [0.3, 0.4) is 0 Å². The molecule has 2 N–H and O–H groups in total. The normalized spacial score (nSPS) is 13.9. The molecule has 0 spiro atoms. The average Bonchev–Trinajstić information content (AvgIpc) is 3.03. The SMILES string of the molecule is CCC(C)(C)c1ccc(OC(C(=O)Nc2cccc(O)c2)(C(C)CCl)N(F)C(=O)c2cc(F)c(F)c(F)c2F)c(C(C)(C)CC)c1. The van der Waals surface area contributed by atoms with Gasteiger partial charge in [0.15, 0.2) is 23.3 Å². The van der Waals surface area contributed by atoms with E-state index in [9.17, 15) is 32.3 Å². The molecule has 0 aliphatic rings. The zero-order valence-electron chi connectivity index (χ0n) is 26.7. The molecule has 0 fully saturated rings. The van der Waals surface area contributed by atoms with Gasteiger partial charge in [-0.2, -0.15) is 0 Å². The second-order valence-electron chi connectivity index (χ2n) is 12.5. The van der Waals surface area contributed by atoms with Crippen LogP contribution in [-0.2, 0) is 15.6 Å². The Hall–Kier alpha value is -3.86. The van der Waals surface area contributed by atoms with Crippen molar-refractivity contribution in [2.75, 3.05) is 11.2 Å². The summed E-state index contributed by atoms with van der Waals surface area (Å²) in [7, 11) is 0. The minimum Gasteiger partial charge on any atom is -0.508 e. The van der Waals surface area contributed by atoms with Crippen LogP contribution in [-0.4, -0.2) is 33.6 Å². The molecule has 0 heterocycles. The number of benzene rings is 3. The van der Waals surface area contributed by atoms with Crippen LogP contribution in [0.2, 0.25) is 0 Å². The molecule has 0 saturated heterocycles. The highest BCUT2D eigenvalue weighted by atomic mass is 35.5. The van der Waals surface area contributed by atoms with Gasteiger partial charge in [0, 0.05) is 29.1 Å². The maximum Gasteiger partial charge on any atom is 0.295 e. The van der Waals surface area contributed by atoms with E-state index >= 15 is 4.48 Å².